The number of aryl methyl sites for hydroxylation is 1. The van der Waals surface area contributed by atoms with Crippen molar-refractivity contribution in [3.8, 4) is 0 Å². The molecule has 2 aliphatic carbocycles. The lowest BCUT2D eigenvalue weighted by molar-refractivity contribution is 0.0381. The number of aliphatic hydroxyl groups is 1. The molecule has 0 heterocycles. The molecule has 2 nitrogen and oxygen atoms in total. The molecule has 1 aromatic rings. The van der Waals surface area contributed by atoms with Crippen molar-refractivity contribution in [2.75, 3.05) is 11.9 Å². The van der Waals surface area contributed by atoms with Crippen LogP contribution in [0, 0.1) is 0 Å². The largest absolute Gasteiger partial charge is 0.388 e. The normalized spacial score (nSPS) is 21.9. The molecular weight excluding hydrogens is 246 g/mol. The zero-order valence-corrected chi connectivity index (χ0v) is 12.5. The van der Waals surface area contributed by atoms with Gasteiger partial charge in [0.2, 0.25) is 0 Å². The van der Waals surface area contributed by atoms with Gasteiger partial charge in [-0.15, -0.1) is 0 Å². The van der Waals surface area contributed by atoms with Gasteiger partial charge < -0.3 is 10.4 Å². The summed E-state index contributed by atoms with van der Waals surface area (Å²) in [7, 11) is 0. The number of anilines is 1. The maximum Gasteiger partial charge on any atom is 0.0819 e. The van der Waals surface area contributed by atoms with Crippen molar-refractivity contribution >= 4 is 5.69 Å². The van der Waals surface area contributed by atoms with Crippen LogP contribution in [0.5, 0.6) is 0 Å². The molecule has 1 aromatic carbocycles. The smallest absolute Gasteiger partial charge is 0.0819 e. The number of fused-ring (bicyclic) bond motifs is 1. The molecule has 2 N–H and O–H groups in total. The Morgan fingerprint density at radius 1 is 0.950 bits per heavy atom. The molecule has 0 saturated heterocycles. The molecule has 110 valence electrons. The van der Waals surface area contributed by atoms with Gasteiger partial charge in [-0.2, -0.15) is 0 Å². The van der Waals surface area contributed by atoms with E-state index in [2.05, 4.69) is 23.5 Å². The summed E-state index contributed by atoms with van der Waals surface area (Å²) in [6.45, 7) is 0.712. The zero-order valence-electron chi connectivity index (χ0n) is 12.5. The van der Waals surface area contributed by atoms with Crippen LogP contribution >= 0.6 is 0 Å². The first-order valence-corrected chi connectivity index (χ1v) is 8.34. The summed E-state index contributed by atoms with van der Waals surface area (Å²) in [5, 5.41) is 14.3. The molecule has 20 heavy (non-hydrogen) atoms. The van der Waals surface area contributed by atoms with Crippen LogP contribution in [0.1, 0.15) is 62.5 Å². The Hall–Kier alpha value is -1.02. The first-order valence-electron chi connectivity index (χ1n) is 8.34. The standard InChI is InChI=1S/C18H27NO/c20-18(12-5-1-2-6-13-18)14-19-17-11-7-9-15-8-3-4-10-16(15)17/h7,9,11,19-20H,1-6,8,10,12-14H2. The fourth-order valence-electron chi connectivity index (χ4n) is 3.77. The molecule has 0 aliphatic heterocycles. The Labute approximate surface area is 122 Å². The second-order valence-corrected chi connectivity index (χ2v) is 6.64. The molecule has 1 fully saturated rings. The average Bonchev–Trinajstić information content (AvgIpc) is 2.70. The van der Waals surface area contributed by atoms with Crippen molar-refractivity contribution < 1.29 is 5.11 Å². The highest BCUT2D eigenvalue weighted by molar-refractivity contribution is 5.55. The van der Waals surface area contributed by atoms with Crippen LogP contribution in [0.15, 0.2) is 18.2 Å². The van der Waals surface area contributed by atoms with Gasteiger partial charge in [0.25, 0.3) is 0 Å². The van der Waals surface area contributed by atoms with Crippen LogP contribution in [0.2, 0.25) is 0 Å². The van der Waals surface area contributed by atoms with E-state index in [0.717, 1.165) is 12.8 Å². The van der Waals surface area contributed by atoms with Gasteiger partial charge in [-0.3, -0.25) is 0 Å². The predicted molar refractivity (Wildman–Crippen MR) is 84.2 cm³/mol. The number of hydrogen-bond donors (Lipinski definition) is 2. The first kappa shape index (κ1) is 13.9. The van der Waals surface area contributed by atoms with E-state index in [-0.39, 0.29) is 0 Å². The van der Waals surface area contributed by atoms with Crippen molar-refractivity contribution in [3.05, 3.63) is 29.3 Å². The van der Waals surface area contributed by atoms with E-state index >= 15 is 0 Å². The fraction of sp³-hybridized carbons (Fsp3) is 0.667. The first-order chi connectivity index (χ1) is 9.77. The third kappa shape index (κ3) is 3.17. The second-order valence-electron chi connectivity index (χ2n) is 6.64. The number of rotatable bonds is 3. The van der Waals surface area contributed by atoms with Crippen LogP contribution < -0.4 is 5.32 Å². The summed E-state index contributed by atoms with van der Waals surface area (Å²) >= 11 is 0. The van der Waals surface area contributed by atoms with Crippen LogP contribution in [-0.4, -0.2) is 17.3 Å². The summed E-state index contributed by atoms with van der Waals surface area (Å²) in [5.74, 6) is 0. The molecule has 0 spiro atoms. The highest BCUT2D eigenvalue weighted by Crippen LogP contribution is 2.30. The molecule has 0 unspecified atom stereocenters. The third-order valence-electron chi connectivity index (χ3n) is 5.04. The molecule has 0 atom stereocenters. The lowest BCUT2D eigenvalue weighted by Crippen LogP contribution is -2.36. The maximum atomic E-state index is 10.8. The summed E-state index contributed by atoms with van der Waals surface area (Å²) in [4.78, 5) is 0. The molecule has 2 aliphatic rings. The SMILES string of the molecule is OC1(CNc2cccc3c2CCCC3)CCCCCC1. The lowest BCUT2D eigenvalue weighted by atomic mass is 9.89. The van der Waals surface area contributed by atoms with Gasteiger partial charge in [-0.1, -0.05) is 37.8 Å². The van der Waals surface area contributed by atoms with Crippen LogP contribution in [0.25, 0.3) is 0 Å². The number of nitrogens with one attached hydrogen (secondary N) is 1. The molecule has 0 aromatic heterocycles. The Bertz CT molecular complexity index is 447. The zero-order chi connectivity index (χ0) is 13.8. The Kier molecular flexibility index (Phi) is 4.30. The van der Waals surface area contributed by atoms with Crippen LogP contribution in [0.4, 0.5) is 5.69 Å². The van der Waals surface area contributed by atoms with E-state index in [4.69, 9.17) is 0 Å². The number of benzene rings is 1. The second kappa shape index (κ2) is 6.17. The van der Waals surface area contributed by atoms with E-state index in [0.29, 0.717) is 6.54 Å². The van der Waals surface area contributed by atoms with Crippen LogP contribution in [-0.2, 0) is 12.8 Å². The Morgan fingerprint density at radius 2 is 1.70 bits per heavy atom. The highest BCUT2D eigenvalue weighted by Gasteiger charge is 2.28. The monoisotopic (exact) mass is 273 g/mol. The molecule has 3 rings (SSSR count). The molecular formula is C18H27NO. The van der Waals surface area contributed by atoms with Gasteiger partial charge in [-0.05, 0) is 55.7 Å². The minimum absolute atomic E-state index is 0.492. The van der Waals surface area contributed by atoms with Crippen molar-refractivity contribution in [3.63, 3.8) is 0 Å². The topological polar surface area (TPSA) is 32.3 Å². The van der Waals surface area contributed by atoms with Gasteiger partial charge in [0, 0.05) is 12.2 Å². The summed E-state index contributed by atoms with van der Waals surface area (Å²) in [6, 6.07) is 6.61. The highest BCUT2D eigenvalue weighted by atomic mass is 16.3. The van der Waals surface area contributed by atoms with E-state index in [1.807, 2.05) is 0 Å². The van der Waals surface area contributed by atoms with Gasteiger partial charge in [-0.25, -0.2) is 0 Å². The Balaban J connectivity index is 1.68. The molecule has 0 amide bonds. The summed E-state index contributed by atoms with van der Waals surface area (Å²) in [6.07, 6.45) is 11.8. The maximum absolute atomic E-state index is 10.8. The fourth-order valence-corrected chi connectivity index (χ4v) is 3.77. The van der Waals surface area contributed by atoms with Crippen molar-refractivity contribution in [1.82, 2.24) is 0 Å². The van der Waals surface area contributed by atoms with Crippen molar-refractivity contribution in [2.24, 2.45) is 0 Å². The van der Waals surface area contributed by atoms with Crippen molar-refractivity contribution in [2.45, 2.75) is 69.8 Å². The van der Waals surface area contributed by atoms with Gasteiger partial charge in [0.15, 0.2) is 0 Å². The minimum atomic E-state index is -0.492. The third-order valence-corrected chi connectivity index (χ3v) is 5.04. The van der Waals surface area contributed by atoms with Crippen LogP contribution in [0.3, 0.4) is 0 Å². The van der Waals surface area contributed by atoms with E-state index in [1.165, 1.54) is 68.2 Å². The summed E-state index contributed by atoms with van der Waals surface area (Å²) in [5.41, 5.74) is 3.78. The molecule has 1 saturated carbocycles. The molecule has 0 bridgehead atoms. The lowest BCUT2D eigenvalue weighted by Gasteiger charge is -2.29. The van der Waals surface area contributed by atoms with Gasteiger partial charge in [0.05, 0.1) is 5.60 Å². The van der Waals surface area contributed by atoms with E-state index in [1.54, 1.807) is 0 Å². The number of hydrogen-bond acceptors (Lipinski definition) is 2. The molecule has 2 heteroatoms. The van der Waals surface area contributed by atoms with Gasteiger partial charge in [0.1, 0.15) is 0 Å². The average molecular weight is 273 g/mol. The predicted octanol–water partition coefficient (Wildman–Crippen LogP) is 4.06. The van der Waals surface area contributed by atoms with E-state index < -0.39 is 5.60 Å². The minimum Gasteiger partial charge on any atom is -0.388 e. The Morgan fingerprint density at radius 3 is 2.50 bits per heavy atom. The van der Waals surface area contributed by atoms with Gasteiger partial charge >= 0.3 is 0 Å². The van der Waals surface area contributed by atoms with E-state index in [9.17, 15) is 5.11 Å². The van der Waals surface area contributed by atoms with Crippen molar-refractivity contribution in [1.29, 1.82) is 0 Å². The quantitative estimate of drug-likeness (QED) is 0.814. The molecule has 0 radical (unpaired) electrons. The summed E-state index contributed by atoms with van der Waals surface area (Å²) < 4.78 is 0.